The Morgan fingerprint density at radius 2 is 1.55 bits per heavy atom. The predicted octanol–water partition coefficient (Wildman–Crippen LogP) is 5.37. The Labute approximate surface area is 123 Å². The molecule has 0 amide bonds. The van der Waals surface area contributed by atoms with Crippen molar-refractivity contribution in [2.75, 3.05) is 5.32 Å². The summed E-state index contributed by atoms with van der Waals surface area (Å²) in [5.41, 5.74) is 5.37. The van der Waals surface area contributed by atoms with Gasteiger partial charge in [0, 0.05) is 5.69 Å². The zero-order chi connectivity index (χ0) is 14.4. The summed E-state index contributed by atoms with van der Waals surface area (Å²) in [4.78, 5) is 0. The Hall–Kier alpha value is -1.76. The summed E-state index contributed by atoms with van der Waals surface area (Å²) in [5.74, 6) is 0. The smallest absolute Gasteiger partial charge is 0.0511 e. The Morgan fingerprint density at radius 1 is 0.850 bits per heavy atom. The van der Waals surface area contributed by atoms with E-state index in [4.69, 9.17) is 0 Å². The fourth-order valence-corrected chi connectivity index (χ4v) is 2.49. The minimum Gasteiger partial charge on any atom is -0.378 e. The monoisotopic (exact) mass is 267 g/mol. The number of hydrogen-bond acceptors (Lipinski definition) is 1. The Bertz CT molecular complexity index is 528. The molecule has 2 aromatic rings. The molecule has 0 aliphatic carbocycles. The van der Waals surface area contributed by atoms with Crippen LogP contribution in [0.3, 0.4) is 0 Å². The van der Waals surface area contributed by atoms with E-state index in [-0.39, 0.29) is 0 Å². The largest absolute Gasteiger partial charge is 0.378 e. The Balaban J connectivity index is 2.14. The van der Waals surface area contributed by atoms with Crippen LogP contribution in [0.15, 0.2) is 48.5 Å². The maximum absolute atomic E-state index is 3.66. The van der Waals surface area contributed by atoms with E-state index in [0.29, 0.717) is 6.04 Å². The van der Waals surface area contributed by atoms with Gasteiger partial charge in [-0.25, -0.2) is 0 Å². The molecule has 1 unspecified atom stereocenters. The first-order valence-corrected chi connectivity index (χ1v) is 7.71. The lowest BCUT2D eigenvalue weighted by molar-refractivity contribution is 0.748. The third-order valence-electron chi connectivity index (χ3n) is 3.87. The van der Waals surface area contributed by atoms with E-state index in [1.165, 1.54) is 22.4 Å². The van der Waals surface area contributed by atoms with Gasteiger partial charge in [-0.3, -0.25) is 0 Å². The van der Waals surface area contributed by atoms with Crippen LogP contribution in [-0.4, -0.2) is 0 Å². The molecule has 20 heavy (non-hydrogen) atoms. The van der Waals surface area contributed by atoms with E-state index in [2.05, 4.69) is 74.6 Å². The highest BCUT2D eigenvalue weighted by Crippen LogP contribution is 2.23. The van der Waals surface area contributed by atoms with Gasteiger partial charge < -0.3 is 5.32 Å². The Kier molecular flexibility index (Phi) is 5.23. The molecule has 2 rings (SSSR count). The van der Waals surface area contributed by atoms with Crippen molar-refractivity contribution < 1.29 is 0 Å². The van der Waals surface area contributed by atoms with E-state index in [1.807, 2.05) is 0 Å². The van der Waals surface area contributed by atoms with Crippen molar-refractivity contribution in [3.63, 3.8) is 0 Å². The van der Waals surface area contributed by atoms with Gasteiger partial charge in [-0.1, -0.05) is 57.2 Å². The van der Waals surface area contributed by atoms with E-state index < -0.39 is 0 Å². The fourth-order valence-electron chi connectivity index (χ4n) is 2.49. The van der Waals surface area contributed by atoms with Crippen molar-refractivity contribution in [1.82, 2.24) is 0 Å². The summed E-state index contributed by atoms with van der Waals surface area (Å²) in [6.07, 6.45) is 3.27. The molecule has 0 saturated carbocycles. The first kappa shape index (κ1) is 14.6. The average Bonchev–Trinajstić information content (AvgIpc) is 2.53. The lowest BCUT2D eigenvalue weighted by Gasteiger charge is -2.19. The topological polar surface area (TPSA) is 12.0 Å². The van der Waals surface area contributed by atoms with Gasteiger partial charge >= 0.3 is 0 Å². The van der Waals surface area contributed by atoms with E-state index in [1.54, 1.807) is 0 Å². The molecule has 1 nitrogen and oxygen atoms in total. The van der Waals surface area contributed by atoms with Crippen molar-refractivity contribution in [3.05, 3.63) is 65.2 Å². The van der Waals surface area contributed by atoms with E-state index >= 15 is 0 Å². The van der Waals surface area contributed by atoms with Gasteiger partial charge in [-0.2, -0.15) is 0 Å². The van der Waals surface area contributed by atoms with Crippen molar-refractivity contribution in [2.24, 2.45) is 0 Å². The number of aryl methyl sites for hydroxylation is 2. The van der Waals surface area contributed by atoms with Gasteiger partial charge in [-0.05, 0) is 48.1 Å². The highest BCUT2D eigenvalue weighted by molar-refractivity contribution is 5.48. The van der Waals surface area contributed by atoms with Crippen molar-refractivity contribution in [3.8, 4) is 0 Å². The lowest BCUT2D eigenvalue weighted by atomic mass is 10.0. The summed E-state index contributed by atoms with van der Waals surface area (Å²) < 4.78 is 0. The van der Waals surface area contributed by atoms with Gasteiger partial charge in [0.1, 0.15) is 0 Å². The van der Waals surface area contributed by atoms with Gasteiger partial charge in [-0.15, -0.1) is 0 Å². The zero-order valence-electron chi connectivity index (χ0n) is 12.8. The minimum atomic E-state index is 0.382. The summed E-state index contributed by atoms with van der Waals surface area (Å²) in [7, 11) is 0. The van der Waals surface area contributed by atoms with Crippen LogP contribution in [0, 0.1) is 0 Å². The quantitative estimate of drug-likeness (QED) is 0.741. The van der Waals surface area contributed by atoms with E-state index in [0.717, 1.165) is 19.3 Å². The molecule has 0 aliphatic heterocycles. The van der Waals surface area contributed by atoms with Crippen LogP contribution in [0.4, 0.5) is 5.69 Å². The second-order valence-electron chi connectivity index (χ2n) is 5.25. The molecule has 0 saturated heterocycles. The van der Waals surface area contributed by atoms with Crippen molar-refractivity contribution >= 4 is 5.69 Å². The highest BCUT2D eigenvalue weighted by atomic mass is 14.9. The molecule has 1 atom stereocenters. The summed E-state index contributed by atoms with van der Waals surface area (Å²) in [5, 5.41) is 3.66. The lowest BCUT2D eigenvalue weighted by Crippen LogP contribution is -2.09. The van der Waals surface area contributed by atoms with Crippen LogP contribution in [0.2, 0.25) is 0 Å². The molecule has 0 bridgehead atoms. The number of hydrogen-bond donors (Lipinski definition) is 1. The first-order valence-electron chi connectivity index (χ1n) is 7.71. The number of benzene rings is 2. The average molecular weight is 267 g/mol. The van der Waals surface area contributed by atoms with Crippen LogP contribution >= 0.6 is 0 Å². The number of nitrogens with one attached hydrogen (secondary N) is 1. The van der Waals surface area contributed by atoms with Crippen LogP contribution < -0.4 is 5.32 Å². The second-order valence-corrected chi connectivity index (χ2v) is 5.25. The molecule has 0 spiro atoms. The van der Waals surface area contributed by atoms with E-state index in [9.17, 15) is 0 Å². The molecule has 0 radical (unpaired) electrons. The molecule has 106 valence electrons. The molecule has 0 fully saturated rings. The van der Waals surface area contributed by atoms with Crippen LogP contribution in [0.1, 0.15) is 49.9 Å². The summed E-state index contributed by atoms with van der Waals surface area (Å²) >= 11 is 0. The molecule has 0 heterocycles. The van der Waals surface area contributed by atoms with Crippen LogP contribution in [-0.2, 0) is 12.8 Å². The Morgan fingerprint density at radius 3 is 2.15 bits per heavy atom. The zero-order valence-corrected chi connectivity index (χ0v) is 12.8. The molecule has 1 N–H and O–H groups in total. The van der Waals surface area contributed by atoms with Gasteiger partial charge in [0.15, 0.2) is 0 Å². The van der Waals surface area contributed by atoms with Gasteiger partial charge in [0.2, 0.25) is 0 Å². The maximum Gasteiger partial charge on any atom is 0.0511 e. The minimum absolute atomic E-state index is 0.382. The maximum atomic E-state index is 3.66. The van der Waals surface area contributed by atoms with Crippen LogP contribution in [0.5, 0.6) is 0 Å². The van der Waals surface area contributed by atoms with Crippen LogP contribution in [0.25, 0.3) is 0 Å². The molecule has 1 heteroatoms. The summed E-state index contributed by atoms with van der Waals surface area (Å²) in [6.45, 7) is 6.62. The molecule has 2 aromatic carbocycles. The molecular formula is C19H25N. The molecule has 0 aliphatic rings. The molecular weight excluding hydrogens is 242 g/mol. The first-order chi connectivity index (χ1) is 9.76. The normalized spacial score (nSPS) is 12.2. The molecule has 0 aromatic heterocycles. The summed E-state index contributed by atoms with van der Waals surface area (Å²) in [6, 6.07) is 18.1. The van der Waals surface area contributed by atoms with Crippen molar-refractivity contribution in [2.45, 2.75) is 46.1 Å². The second kappa shape index (κ2) is 7.14. The van der Waals surface area contributed by atoms with Crippen molar-refractivity contribution in [1.29, 1.82) is 0 Å². The predicted molar refractivity (Wildman–Crippen MR) is 88.3 cm³/mol. The SMILES string of the molecule is CCc1ccc(C(CC)Nc2cccc(CC)c2)cc1. The standard InChI is InChI=1S/C19H25N/c1-4-15-10-12-17(13-11-15)19(6-3)20-18-9-7-8-16(5-2)14-18/h7-14,19-20H,4-6H2,1-3H3. The van der Waals surface area contributed by atoms with Gasteiger partial charge in [0.05, 0.1) is 6.04 Å². The number of anilines is 1. The highest BCUT2D eigenvalue weighted by Gasteiger charge is 2.09. The fraction of sp³-hybridized carbons (Fsp3) is 0.368. The number of rotatable bonds is 6. The van der Waals surface area contributed by atoms with Gasteiger partial charge in [0.25, 0.3) is 0 Å². The third-order valence-corrected chi connectivity index (χ3v) is 3.87. The third kappa shape index (κ3) is 3.63.